The molecule has 0 amide bonds. The van der Waals surface area contributed by atoms with Crippen molar-refractivity contribution < 1.29 is 10.0 Å². The lowest BCUT2D eigenvalue weighted by molar-refractivity contribution is -0.385. The van der Waals surface area contributed by atoms with Crippen molar-refractivity contribution in [1.29, 1.82) is 0 Å². The number of benzene rings is 2. The molecule has 0 unspecified atom stereocenters. The summed E-state index contributed by atoms with van der Waals surface area (Å²) in [5, 5.41) is 23.3. The van der Waals surface area contributed by atoms with Crippen LogP contribution in [0.4, 0.5) is 5.69 Å². The molecule has 0 aliphatic carbocycles. The number of aliphatic hydroxyl groups excluding tert-OH is 1. The minimum absolute atomic E-state index is 0.00490. The highest BCUT2D eigenvalue weighted by molar-refractivity contribution is 9.10. The van der Waals surface area contributed by atoms with Crippen LogP contribution in [0.5, 0.6) is 0 Å². The molecule has 2 aromatic carbocycles. The molecule has 0 aliphatic heterocycles. The van der Waals surface area contributed by atoms with E-state index in [1.54, 1.807) is 12.1 Å². The maximum Gasteiger partial charge on any atom is 0.273 e. The summed E-state index contributed by atoms with van der Waals surface area (Å²) in [5.41, 5.74) is 2.62. The van der Waals surface area contributed by atoms with Gasteiger partial charge in [-0.25, -0.2) is 0 Å². The molecular weight excluding hydrogens is 336 g/mol. The van der Waals surface area contributed by atoms with E-state index in [9.17, 15) is 10.1 Å². The van der Waals surface area contributed by atoms with E-state index in [2.05, 4.69) is 21.2 Å². The van der Waals surface area contributed by atoms with Crippen molar-refractivity contribution in [1.82, 2.24) is 5.32 Å². The third-order valence-electron chi connectivity index (χ3n) is 3.06. The zero-order valence-electron chi connectivity index (χ0n) is 11.3. The maximum absolute atomic E-state index is 11.0. The Bertz CT molecular complexity index is 647. The number of hydrogen-bond donors (Lipinski definition) is 2. The Balaban J connectivity index is 2.03. The predicted octanol–water partition coefficient (Wildman–Crippen LogP) is 3.14. The van der Waals surface area contributed by atoms with Crippen molar-refractivity contribution in [2.45, 2.75) is 19.7 Å². The first kappa shape index (κ1) is 15.6. The van der Waals surface area contributed by atoms with E-state index in [0.717, 1.165) is 15.6 Å². The van der Waals surface area contributed by atoms with Crippen molar-refractivity contribution in [3.05, 3.63) is 73.7 Å². The van der Waals surface area contributed by atoms with Gasteiger partial charge in [0, 0.05) is 29.2 Å². The quantitative estimate of drug-likeness (QED) is 0.619. The van der Waals surface area contributed by atoms with Crippen molar-refractivity contribution >= 4 is 21.6 Å². The molecule has 0 heterocycles. The Kier molecular flexibility index (Phi) is 5.44. The minimum atomic E-state index is -0.379. The number of nitrogens with zero attached hydrogens (tertiary/aromatic N) is 1. The van der Waals surface area contributed by atoms with E-state index >= 15 is 0 Å². The molecule has 0 saturated heterocycles. The van der Waals surface area contributed by atoms with Crippen molar-refractivity contribution in [3.8, 4) is 0 Å². The van der Waals surface area contributed by atoms with Gasteiger partial charge in [0.2, 0.25) is 0 Å². The summed E-state index contributed by atoms with van der Waals surface area (Å²) in [6.45, 7) is 0.988. The van der Waals surface area contributed by atoms with Gasteiger partial charge in [-0.2, -0.15) is 0 Å². The van der Waals surface area contributed by atoms with Crippen LogP contribution in [0.2, 0.25) is 0 Å². The number of rotatable bonds is 6. The fourth-order valence-electron chi connectivity index (χ4n) is 2.05. The summed E-state index contributed by atoms with van der Waals surface area (Å²) < 4.78 is 0.812. The molecule has 21 heavy (non-hydrogen) atoms. The van der Waals surface area contributed by atoms with Crippen LogP contribution in [0.1, 0.15) is 16.7 Å². The lowest BCUT2D eigenvalue weighted by Crippen LogP contribution is -2.14. The molecule has 6 heteroatoms. The Morgan fingerprint density at radius 3 is 2.62 bits per heavy atom. The average Bonchev–Trinajstić information content (AvgIpc) is 2.47. The summed E-state index contributed by atoms with van der Waals surface area (Å²) in [7, 11) is 0. The Hall–Kier alpha value is -1.76. The normalized spacial score (nSPS) is 10.6. The molecule has 110 valence electrons. The van der Waals surface area contributed by atoms with Crippen molar-refractivity contribution in [3.63, 3.8) is 0 Å². The third kappa shape index (κ3) is 4.35. The molecule has 2 aromatic rings. The van der Waals surface area contributed by atoms with Crippen LogP contribution >= 0.6 is 15.9 Å². The van der Waals surface area contributed by atoms with Crippen LogP contribution in [-0.4, -0.2) is 10.0 Å². The van der Waals surface area contributed by atoms with Gasteiger partial charge in [-0.1, -0.05) is 40.2 Å². The first-order valence-corrected chi connectivity index (χ1v) is 7.21. The molecule has 0 radical (unpaired) electrons. The van der Waals surface area contributed by atoms with E-state index in [1.807, 2.05) is 24.3 Å². The molecule has 0 spiro atoms. The Morgan fingerprint density at radius 1 is 1.14 bits per heavy atom. The van der Waals surface area contributed by atoms with E-state index in [1.165, 1.54) is 6.07 Å². The van der Waals surface area contributed by atoms with Crippen LogP contribution in [0.25, 0.3) is 0 Å². The average molecular weight is 351 g/mol. The maximum atomic E-state index is 11.0. The number of nitro benzene ring substituents is 1. The zero-order chi connectivity index (χ0) is 15.2. The van der Waals surface area contributed by atoms with Crippen LogP contribution in [-0.2, 0) is 19.7 Å². The van der Waals surface area contributed by atoms with Crippen LogP contribution in [0.3, 0.4) is 0 Å². The monoisotopic (exact) mass is 350 g/mol. The molecule has 0 fully saturated rings. The van der Waals surface area contributed by atoms with E-state index in [4.69, 9.17) is 5.11 Å². The fraction of sp³-hybridized carbons (Fsp3) is 0.200. The third-order valence-corrected chi connectivity index (χ3v) is 3.55. The predicted molar refractivity (Wildman–Crippen MR) is 83.7 cm³/mol. The van der Waals surface area contributed by atoms with E-state index in [0.29, 0.717) is 18.7 Å². The summed E-state index contributed by atoms with van der Waals surface area (Å²) in [6.07, 6.45) is 0. The van der Waals surface area contributed by atoms with Crippen LogP contribution in [0, 0.1) is 10.1 Å². The molecule has 0 saturated carbocycles. The number of hydrogen-bond acceptors (Lipinski definition) is 4. The highest BCUT2D eigenvalue weighted by Gasteiger charge is 2.13. The van der Waals surface area contributed by atoms with Crippen LogP contribution in [0.15, 0.2) is 46.9 Å². The standard InChI is InChI=1S/C15H15BrN2O3/c16-14-4-5-15(18(20)21)13(7-14)9-17-8-11-2-1-3-12(6-11)10-19/h1-7,17,19H,8-10H2. The van der Waals surface area contributed by atoms with Gasteiger partial charge in [-0.3, -0.25) is 10.1 Å². The molecule has 2 rings (SSSR count). The van der Waals surface area contributed by atoms with Gasteiger partial charge in [0.05, 0.1) is 11.5 Å². The van der Waals surface area contributed by atoms with Crippen molar-refractivity contribution in [2.24, 2.45) is 0 Å². The number of aliphatic hydroxyl groups is 1. The molecule has 5 nitrogen and oxygen atoms in total. The van der Waals surface area contributed by atoms with Crippen LogP contribution < -0.4 is 5.32 Å². The molecule has 0 aromatic heterocycles. The van der Waals surface area contributed by atoms with Crippen molar-refractivity contribution in [2.75, 3.05) is 0 Å². The SMILES string of the molecule is O=[N+]([O-])c1ccc(Br)cc1CNCc1cccc(CO)c1. The molecule has 0 bridgehead atoms. The van der Waals surface area contributed by atoms with Gasteiger partial charge in [-0.05, 0) is 23.3 Å². The zero-order valence-corrected chi connectivity index (χ0v) is 12.8. The lowest BCUT2D eigenvalue weighted by atomic mass is 10.1. The molecule has 2 N–H and O–H groups in total. The van der Waals surface area contributed by atoms with E-state index < -0.39 is 0 Å². The molecule has 0 atom stereocenters. The minimum Gasteiger partial charge on any atom is -0.392 e. The first-order valence-electron chi connectivity index (χ1n) is 6.42. The van der Waals surface area contributed by atoms with Gasteiger partial charge < -0.3 is 10.4 Å². The fourth-order valence-corrected chi connectivity index (χ4v) is 2.46. The largest absolute Gasteiger partial charge is 0.392 e. The topological polar surface area (TPSA) is 75.4 Å². The Morgan fingerprint density at radius 2 is 1.90 bits per heavy atom. The first-order chi connectivity index (χ1) is 10.1. The van der Waals surface area contributed by atoms with E-state index in [-0.39, 0.29) is 17.2 Å². The summed E-state index contributed by atoms with van der Waals surface area (Å²) in [6, 6.07) is 12.5. The van der Waals surface area contributed by atoms with Gasteiger partial charge in [-0.15, -0.1) is 0 Å². The van der Waals surface area contributed by atoms with Gasteiger partial charge >= 0.3 is 0 Å². The highest BCUT2D eigenvalue weighted by Crippen LogP contribution is 2.22. The van der Waals surface area contributed by atoms with Gasteiger partial charge in [0.15, 0.2) is 0 Å². The van der Waals surface area contributed by atoms with Gasteiger partial charge in [0.1, 0.15) is 0 Å². The highest BCUT2D eigenvalue weighted by atomic mass is 79.9. The second kappa shape index (κ2) is 7.31. The van der Waals surface area contributed by atoms with Gasteiger partial charge in [0.25, 0.3) is 5.69 Å². The number of halogens is 1. The second-order valence-corrected chi connectivity index (χ2v) is 5.53. The number of nitro groups is 1. The summed E-state index contributed by atoms with van der Waals surface area (Å²) in [5.74, 6) is 0. The molecular formula is C15H15BrN2O3. The Labute approximate surface area is 130 Å². The lowest BCUT2D eigenvalue weighted by Gasteiger charge is -2.07. The smallest absolute Gasteiger partial charge is 0.273 e. The second-order valence-electron chi connectivity index (χ2n) is 4.61. The molecule has 0 aliphatic rings. The number of nitrogens with one attached hydrogen (secondary N) is 1. The summed E-state index contributed by atoms with van der Waals surface area (Å²) >= 11 is 3.32. The summed E-state index contributed by atoms with van der Waals surface area (Å²) in [4.78, 5) is 10.6.